The first kappa shape index (κ1) is 32.3. The number of carbonyl (C=O) groups excluding carboxylic acids is 1. The van der Waals surface area contributed by atoms with E-state index in [4.69, 9.17) is 4.74 Å². The maximum Gasteiger partial charge on any atom is 0.331 e. The van der Waals surface area contributed by atoms with E-state index >= 15 is 0 Å². The summed E-state index contributed by atoms with van der Waals surface area (Å²) in [6, 6.07) is 6.62. The van der Waals surface area contributed by atoms with Gasteiger partial charge in [-0.05, 0) is 121 Å². The second-order valence-corrected chi connectivity index (χ2v) is 17.6. The number of carboxylic acids is 1. The van der Waals surface area contributed by atoms with Crippen molar-refractivity contribution in [3.63, 3.8) is 0 Å². The number of rotatable bonds is 4. The van der Waals surface area contributed by atoms with Crippen molar-refractivity contribution in [3.8, 4) is 5.75 Å². The Hall–Kier alpha value is -2.60. The van der Waals surface area contributed by atoms with Crippen LogP contribution < -0.4 is 0 Å². The molecule has 0 amide bonds. The summed E-state index contributed by atoms with van der Waals surface area (Å²) in [5.41, 5.74) is 0.991. The third-order valence-corrected chi connectivity index (χ3v) is 14.5. The highest BCUT2D eigenvalue weighted by Gasteiger charge is 2.70. The van der Waals surface area contributed by atoms with Crippen molar-refractivity contribution in [1.29, 1.82) is 0 Å². The topological polar surface area (TPSA) is 104 Å². The molecule has 5 aliphatic carbocycles. The van der Waals surface area contributed by atoms with Gasteiger partial charge in [0.1, 0.15) is 11.9 Å². The molecule has 0 unspecified atom stereocenters. The van der Waals surface area contributed by atoms with Gasteiger partial charge >= 0.3 is 11.9 Å². The third kappa shape index (κ3) is 4.74. The molecule has 5 aliphatic rings. The predicted molar refractivity (Wildman–Crippen MR) is 175 cm³/mol. The number of aliphatic carboxylic acids is 1. The third-order valence-electron chi connectivity index (χ3n) is 14.5. The van der Waals surface area contributed by atoms with Gasteiger partial charge < -0.3 is 20.1 Å². The first-order valence-electron chi connectivity index (χ1n) is 17.2. The zero-order chi connectivity index (χ0) is 32.8. The second-order valence-electron chi connectivity index (χ2n) is 17.6. The van der Waals surface area contributed by atoms with E-state index < -0.39 is 35.0 Å². The molecule has 6 nitrogen and oxygen atoms in total. The number of aromatic hydroxyl groups is 1. The molecule has 0 bridgehead atoms. The molecule has 246 valence electrons. The number of ether oxygens (including phenoxy) is 1. The van der Waals surface area contributed by atoms with E-state index in [1.54, 1.807) is 30.3 Å². The van der Waals surface area contributed by atoms with E-state index in [1.165, 1.54) is 11.6 Å². The van der Waals surface area contributed by atoms with Crippen LogP contribution in [0.5, 0.6) is 5.75 Å². The Bertz CT molecular complexity index is 1420. The van der Waals surface area contributed by atoms with Crippen molar-refractivity contribution < 1.29 is 29.6 Å². The standard InChI is InChI=1S/C39H54O6/c1-34(2)18-20-39(33(43)44)21-19-37(6)26(27(39)22-34)13-14-30-36(5)23-28(41)32(35(3,4)29(36)16-17-38(30,37)7)45-31(42)15-10-24-8-11-25(40)12-9-24/h8-13,15,27-30,32,40-41H,14,16-23H2,1-7H3,(H,43,44)/b15-10-/t27-,28+,29-,30+,32-,36-,37+,38+,39-/m0/s1. The highest BCUT2D eigenvalue weighted by atomic mass is 16.6. The van der Waals surface area contributed by atoms with Gasteiger partial charge in [-0.1, -0.05) is 72.2 Å². The number of carboxylic acid groups (broad SMARTS) is 1. The minimum atomic E-state index is -0.780. The molecular formula is C39H54O6. The van der Waals surface area contributed by atoms with Crippen molar-refractivity contribution in [1.82, 2.24) is 0 Å². The fourth-order valence-electron chi connectivity index (χ4n) is 11.9. The number of aliphatic hydroxyl groups excluding tert-OH is 1. The molecule has 4 fully saturated rings. The Morgan fingerprint density at radius 1 is 0.889 bits per heavy atom. The van der Waals surface area contributed by atoms with Gasteiger partial charge in [0.2, 0.25) is 0 Å². The Morgan fingerprint density at radius 3 is 2.22 bits per heavy atom. The fraction of sp³-hybridized carbons (Fsp3) is 0.692. The fourth-order valence-corrected chi connectivity index (χ4v) is 11.9. The van der Waals surface area contributed by atoms with Gasteiger partial charge in [0.05, 0.1) is 11.5 Å². The number of benzene rings is 1. The molecule has 6 heteroatoms. The molecule has 1 aromatic rings. The summed E-state index contributed by atoms with van der Waals surface area (Å²) in [6.45, 7) is 16.3. The van der Waals surface area contributed by atoms with Crippen molar-refractivity contribution >= 4 is 18.0 Å². The van der Waals surface area contributed by atoms with Crippen LogP contribution in [0.2, 0.25) is 0 Å². The lowest BCUT2D eigenvalue weighted by atomic mass is 9.33. The van der Waals surface area contributed by atoms with E-state index in [2.05, 4.69) is 54.5 Å². The van der Waals surface area contributed by atoms with E-state index in [1.807, 2.05) is 0 Å². The summed E-state index contributed by atoms with van der Waals surface area (Å²) in [6.07, 6.45) is 12.0. The number of phenols is 1. The van der Waals surface area contributed by atoms with Crippen molar-refractivity contribution in [2.75, 3.05) is 0 Å². The quantitative estimate of drug-likeness (QED) is 0.179. The maximum atomic E-state index is 13.0. The normalized spacial score (nSPS) is 43.2. The summed E-state index contributed by atoms with van der Waals surface area (Å²) in [4.78, 5) is 26.0. The molecule has 0 aliphatic heterocycles. The number of allylic oxidation sites excluding steroid dienone is 2. The zero-order valence-electron chi connectivity index (χ0n) is 28.4. The highest BCUT2D eigenvalue weighted by Crippen LogP contribution is 2.75. The molecular weight excluding hydrogens is 564 g/mol. The Balaban J connectivity index is 1.29. The highest BCUT2D eigenvalue weighted by molar-refractivity contribution is 5.87. The zero-order valence-corrected chi connectivity index (χ0v) is 28.4. The summed E-state index contributed by atoms with van der Waals surface area (Å²) < 4.78 is 6.04. The Kier molecular flexibility index (Phi) is 7.51. The largest absolute Gasteiger partial charge is 0.508 e. The molecule has 9 atom stereocenters. The number of carbonyl (C=O) groups is 2. The first-order valence-corrected chi connectivity index (χ1v) is 17.2. The van der Waals surface area contributed by atoms with Crippen LogP contribution in [0.4, 0.5) is 0 Å². The summed E-state index contributed by atoms with van der Waals surface area (Å²) in [5, 5.41) is 31.9. The SMILES string of the molecule is CC1(C)CC[C@]2(C(=O)O)CC[C@]3(C)C(=CC[C@@H]4[C@@]5(C)C[C@@H](O)[C@H](OC(=O)/C=C\c6ccc(O)cc6)C(C)(C)[C@@H]5CC[C@]43C)[C@@H]2C1. The van der Waals surface area contributed by atoms with Crippen molar-refractivity contribution in [3.05, 3.63) is 47.6 Å². The minimum absolute atomic E-state index is 0.0131. The van der Waals surface area contributed by atoms with Gasteiger partial charge in [0.25, 0.3) is 0 Å². The molecule has 0 spiro atoms. The summed E-state index contributed by atoms with van der Waals surface area (Å²) in [7, 11) is 0. The van der Waals surface area contributed by atoms with Crippen LogP contribution in [0.15, 0.2) is 42.0 Å². The molecule has 0 heterocycles. The van der Waals surface area contributed by atoms with Crippen LogP contribution in [0.25, 0.3) is 6.08 Å². The summed E-state index contributed by atoms with van der Waals surface area (Å²) in [5.74, 6) is -0.230. The van der Waals surface area contributed by atoms with E-state index in [9.17, 15) is 24.9 Å². The molecule has 6 rings (SSSR count). The van der Waals surface area contributed by atoms with E-state index in [0.717, 1.165) is 56.9 Å². The van der Waals surface area contributed by atoms with Gasteiger partial charge in [0.15, 0.2) is 0 Å². The Morgan fingerprint density at radius 2 is 1.56 bits per heavy atom. The molecule has 0 radical (unpaired) electrons. The van der Waals surface area contributed by atoms with Gasteiger partial charge in [-0.3, -0.25) is 4.79 Å². The number of aliphatic hydroxyl groups is 1. The molecule has 4 saturated carbocycles. The summed E-state index contributed by atoms with van der Waals surface area (Å²) >= 11 is 0. The second kappa shape index (κ2) is 10.5. The lowest BCUT2D eigenvalue weighted by molar-refractivity contribution is -0.238. The monoisotopic (exact) mass is 618 g/mol. The lowest BCUT2D eigenvalue weighted by Crippen LogP contribution is -2.67. The molecule has 0 aromatic heterocycles. The number of hydrogen-bond acceptors (Lipinski definition) is 5. The Labute approximate surface area is 269 Å². The average molecular weight is 619 g/mol. The van der Waals surface area contributed by atoms with Crippen molar-refractivity contribution in [2.45, 2.75) is 118 Å². The van der Waals surface area contributed by atoms with Crippen LogP contribution in [0, 0.1) is 50.2 Å². The van der Waals surface area contributed by atoms with Crippen LogP contribution in [0.1, 0.15) is 112 Å². The number of hydrogen-bond donors (Lipinski definition) is 3. The van der Waals surface area contributed by atoms with E-state index in [0.29, 0.717) is 12.3 Å². The molecule has 45 heavy (non-hydrogen) atoms. The van der Waals surface area contributed by atoms with E-state index in [-0.39, 0.29) is 39.2 Å². The van der Waals surface area contributed by atoms with Gasteiger partial charge in [0, 0.05) is 11.5 Å². The predicted octanol–water partition coefficient (Wildman–Crippen LogP) is 8.17. The average Bonchev–Trinajstić information content (AvgIpc) is 2.94. The van der Waals surface area contributed by atoms with Gasteiger partial charge in [-0.2, -0.15) is 0 Å². The minimum Gasteiger partial charge on any atom is -0.508 e. The number of fused-ring (bicyclic) bond motifs is 7. The van der Waals surface area contributed by atoms with Crippen LogP contribution in [-0.4, -0.2) is 39.5 Å². The first-order chi connectivity index (χ1) is 20.9. The maximum absolute atomic E-state index is 13.0. The number of esters is 1. The lowest BCUT2D eigenvalue weighted by Gasteiger charge is -2.71. The molecule has 1 aromatic carbocycles. The van der Waals surface area contributed by atoms with Crippen LogP contribution in [-0.2, 0) is 14.3 Å². The molecule has 3 N–H and O–H groups in total. The van der Waals surface area contributed by atoms with Crippen LogP contribution in [0.3, 0.4) is 0 Å². The van der Waals surface area contributed by atoms with Crippen LogP contribution >= 0.6 is 0 Å². The van der Waals surface area contributed by atoms with Gasteiger partial charge in [-0.25, -0.2) is 4.79 Å². The number of phenolic OH excluding ortho intramolecular Hbond substituents is 1. The molecule has 0 saturated heterocycles. The smallest absolute Gasteiger partial charge is 0.331 e. The van der Waals surface area contributed by atoms with Gasteiger partial charge in [-0.15, -0.1) is 0 Å². The van der Waals surface area contributed by atoms with Crippen molar-refractivity contribution in [2.24, 2.45) is 50.2 Å².